The van der Waals surface area contributed by atoms with Crippen LogP contribution in [0.2, 0.25) is 0 Å². The third-order valence-corrected chi connectivity index (χ3v) is 5.25. The van der Waals surface area contributed by atoms with Gasteiger partial charge < -0.3 is 15.3 Å². The summed E-state index contributed by atoms with van der Waals surface area (Å²) in [5, 5.41) is 14.4. The Kier molecular flexibility index (Phi) is 6.31. The molecule has 0 amide bonds. The molecule has 0 spiro atoms. The first-order chi connectivity index (χ1) is 9.59. The van der Waals surface area contributed by atoms with Gasteiger partial charge >= 0.3 is 0 Å². The predicted octanol–water partition coefficient (Wildman–Crippen LogP) is 2.92. The van der Waals surface area contributed by atoms with Gasteiger partial charge in [0.1, 0.15) is 0 Å². The molecule has 0 bridgehead atoms. The van der Waals surface area contributed by atoms with Crippen molar-refractivity contribution in [3.05, 3.63) is 0 Å². The Balaban J connectivity index is 1.75. The van der Waals surface area contributed by atoms with E-state index in [1.807, 2.05) is 0 Å². The minimum atomic E-state index is -0.430. The Morgan fingerprint density at radius 3 is 2.40 bits per heavy atom. The zero-order chi connectivity index (χ0) is 14.4. The van der Waals surface area contributed by atoms with Crippen LogP contribution in [-0.4, -0.2) is 47.3 Å². The molecule has 1 atom stereocenters. The molecule has 2 aliphatic rings. The highest BCUT2D eigenvalue weighted by Crippen LogP contribution is 2.26. The fourth-order valence-corrected chi connectivity index (χ4v) is 3.74. The maximum Gasteiger partial charge on any atom is 0.0771 e. The SMILES string of the molecule is CC(C)N1CCCC(NCC2(O)CCCCCC2)CC1. The van der Waals surface area contributed by atoms with Crippen LogP contribution in [-0.2, 0) is 0 Å². The van der Waals surface area contributed by atoms with Crippen molar-refractivity contribution in [2.24, 2.45) is 0 Å². The van der Waals surface area contributed by atoms with Crippen LogP contribution in [0.1, 0.15) is 71.6 Å². The van der Waals surface area contributed by atoms with Crippen molar-refractivity contribution >= 4 is 0 Å². The molecule has 0 aromatic rings. The van der Waals surface area contributed by atoms with Crippen LogP contribution in [0.15, 0.2) is 0 Å². The second kappa shape index (κ2) is 7.77. The van der Waals surface area contributed by atoms with Gasteiger partial charge in [-0.05, 0) is 59.0 Å². The summed E-state index contributed by atoms with van der Waals surface area (Å²) in [6, 6.07) is 1.27. The van der Waals surface area contributed by atoms with Gasteiger partial charge in [0.15, 0.2) is 0 Å². The van der Waals surface area contributed by atoms with E-state index in [0.29, 0.717) is 12.1 Å². The van der Waals surface area contributed by atoms with Gasteiger partial charge in [-0.2, -0.15) is 0 Å². The second-order valence-corrected chi connectivity index (χ2v) is 7.28. The number of nitrogens with zero attached hydrogens (tertiary/aromatic N) is 1. The van der Waals surface area contributed by atoms with Gasteiger partial charge in [-0.15, -0.1) is 0 Å². The van der Waals surface area contributed by atoms with Crippen LogP contribution >= 0.6 is 0 Å². The lowest BCUT2D eigenvalue weighted by molar-refractivity contribution is 0.0222. The first-order valence-corrected chi connectivity index (χ1v) is 8.79. The largest absolute Gasteiger partial charge is 0.389 e. The Morgan fingerprint density at radius 2 is 1.75 bits per heavy atom. The molecule has 0 aromatic carbocycles. The maximum atomic E-state index is 10.7. The topological polar surface area (TPSA) is 35.5 Å². The van der Waals surface area contributed by atoms with Crippen molar-refractivity contribution in [3.63, 3.8) is 0 Å². The van der Waals surface area contributed by atoms with Crippen LogP contribution in [0.3, 0.4) is 0 Å². The number of rotatable bonds is 4. The van der Waals surface area contributed by atoms with Crippen molar-refractivity contribution in [1.29, 1.82) is 0 Å². The summed E-state index contributed by atoms with van der Waals surface area (Å²) in [6.45, 7) is 7.83. The van der Waals surface area contributed by atoms with Crippen molar-refractivity contribution in [2.75, 3.05) is 19.6 Å². The molecule has 20 heavy (non-hydrogen) atoms. The number of likely N-dealkylation sites (tertiary alicyclic amines) is 1. The van der Waals surface area contributed by atoms with E-state index < -0.39 is 5.60 Å². The Labute approximate surface area is 125 Å². The normalized spacial score (nSPS) is 29.1. The Morgan fingerprint density at radius 1 is 1.05 bits per heavy atom. The van der Waals surface area contributed by atoms with Crippen molar-refractivity contribution < 1.29 is 5.11 Å². The quantitative estimate of drug-likeness (QED) is 0.778. The highest BCUT2D eigenvalue weighted by Gasteiger charge is 2.29. The maximum absolute atomic E-state index is 10.7. The monoisotopic (exact) mass is 282 g/mol. The van der Waals surface area contributed by atoms with E-state index in [-0.39, 0.29) is 0 Å². The standard InChI is InChI=1S/C17H34N2O/c1-15(2)19-12-7-8-16(9-13-19)18-14-17(20)10-5-3-4-6-11-17/h15-16,18,20H,3-14H2,1-2H3. The van der Waals surface area contributed by atoms with E-state index >= 15 is 0 Å². The van der Waals surface area contributed by atoms with E-state index in [9.17, 15) is 5.11 Å². The summed E-state index contributed by atoms with van der Waals surface area (Å²) in [7, 11) is 0. The lowest BCUT2D eigenvalue weighted by Crippen LogP contribution is -2.44. The Hall–Kier alpha value is -0.120. The summed E-state index contributed by atoms with van der Waals surface area (Å²) >= 11 is 0. The summed E-state index contributed by atoms with van der Waals surface area (Å²) in [6.07, 6.45) is 10.8. The molecule has 1 heterocycles. The molecule has 1 aliphatic heterocycles. The van der Waals surface area contributed by atoms with Gasteiger partial charge in [-0.1, -0.05) is 25.7 Å². The molecule has 1 aliphatic carbocycles. The van der Waals surface area contributed by atoms with Crippen molar-refractivity contribution in [2.45, 2.75) is 89.3 Å². The molecule has 118 valence electrons. The third kappa shape index (κ3) is 5.01. The van der Waals surface area contributed by atoms with Crippen LogP contribution < -0.4 is 5.32 Å². The van der Waals surface area contributed by atoms with Crippen molar-refractivity contribution in [3.8, 4) is 0 Å². The van der Waals surface area contributed by atoms with Crippen LogP contribution in [0.4, 0.5) is 0 Å². The predicted molar refractivity (Wildman–Crippen MR) is 85.0 cm³/mol. The number of nitrogens with one attached hydrogen (secondary N) is 1. The summed E-state index contributed by atoms with van der Waals surface area (Å²) in [4.78, 5) is 2.59. The first kappa shape index (κ1) is 16.3. The van der Waals surface area contributed by atoms with Crippen LogP contribution in [0, 0.1) is 0 Å². The van der Waals surface area contributed by atoms with E-state index in [0.717, 1.165) is 19.4 Å². The molecule has 1 saturated carbocycles. The average Bonchev–Trinajstić information content (AvgIpc) is 2.77. The fourth-order valence-electron chi connectivity index (χ4n) is 3.74. The summed E-state index contributed by atoms with van der Waals surface area (Å²) in [5.41, 5.74) is -0.430. The van der Waals surface area contributed by atoms with Gasteiger partial charge in [0.2, 0.25) is 0 Å². The van der Waals surface area contributed by atoms with Gasteiger partial charge in [0.25, 0.3) is 0 Å². The second-order valence-electron chi connectivity index (χ2n) is 7.28. The van der Waals surface area contributed by atoms with Gasteiger partial charge in [-0.25, -0.2) is 0 Å². The summed E-state index contributed by atoms with van der Waals surface area (Å²) in [5.74, 6) is 0. The lowest BCUT2D eigenvalue weighted by Gasteiger charge is -2.30. The molecule has 3 nitrogen and oxygen atoms in total. The zero-order valence-corrected chi connectivity index (χ0v) is 13.5. The molecule has 2 rings (SSSR count). The molecular formula is C17H34N2O. The van der Waals surface area contributed by atoms with Crippen molar-refractivity contribution in [1.82, 2.24) is 10.2 Å². The zero-order valence-electron chi connectivity index (χ0n) is 13.5. The minimum absolute atomic E-state index is 0.430. The Bertz CT molecular complexity index is 272. The molecule has 0 aromatic heterocycles. The number of hydrogen-bond acceptors (Lipinski definition) is 3. The molecule has 3 heteroatoms. The van der Waals surface area contributed by atoms with Crippen LogP contribution in [0.5, 0.6) is 0 Å². The van der Waals surface area contributed by atoms with Crippen LogP contribution in [0.25, 0.3) is 0 Å². The van der Waals surface area contributed by atoms with E-state index in [1.54, 1.807) is 0 Å². The molecule has 1 unspecified atom stereocenters. The minimum Gasteiger partial charge on any atom is -0.389 e. The van der Waals surface area contributed by atoms with E-state index in [1.165, 1.54) is 58.0 Å². The number of aliphatic hydroxyl groups is 1. The smallest absolute Gasteiger partial charge is 0.0771 e. The molecule has 1 saturated heterocycles. The first-order valence-electron chi connectivity index (χ1n) is 8.79. The highest BCUT2D eigenvalue weighted by molar-refractivity contribution is 4.86. The van der Waals surface area contributed by atoms with Gasteiger partial charge in [0, 0.05) is 18.6 Å². The molecular weight excluding hydrogens is 248 g/mol. The highest BCUT2D eigenvalue weighted by atomic mass is 16.3. The fraction of sp³-hybridized carbons (Fsp3) is 1.00. The number of hydrogen-bond donors (Lipinski definition) is 2. The third-order valence-electron chi connectivity index (χ3n) is 5.25. The van der Waals surface area contributed by atoms with Gasteiger partial charge in [-0.3, -0.25) is 0 Å². The summed E-state index contributed by atoms with van der Waals surface area (Å²) < 4.78 is 0. The molecule has 2 N–H and O–H groups in total. The molecule has 2 fully saturated rings. The molecule has 0 radical (unpaired) electrons. The average molecular weight is 282 g/mol. The van der Waals surface area contributed by atoms with Gasteiger partial charge in [0.05, 0.1) is 5.60 Å². The lowest BCUT2D eigenvalue weighted by atomic mass is 9.94. The van der Waals surface area contributed by atoms with E-state index in [2.05, 4.69) is 24.1 Å². The van der Waals surface area contributed by atoms with E-state index in [4.69, 9.17) is 0 Å².